The van der Waals surface area contributed by atoms with E-state index >= 15 is 0 Å². The molecular weight excluding hydrogens is 332 g/mol. The molecule has 0 unspecified atom stereocenters. The van der Waals surface area contributed by atoms with Crippen LogP contribution in [0, 0.1) is 0 Å². The van der Waals surface area contributed by atoms with Gasteiger partial charge in [0.05, 0.1) is 13.3 Å². The molecule has 0 saturated heterocycles. The van der Waals surface area contributed by atoms with Crippen molar-refractivity contribution in [3.05, 3.63) is 45.1 Å². The molecule has 0 aliphatic carbocycles. The van der Waals surface area contributed by atoms with Gasteiger partial charge in [-0.2, -0.15) is 5.10 Å². The van der Waals surface area contributed by atoms with Crippen molar-refractivity contribution >= 4 is 33.3 Å². The van der Waals surface area contributed by atoms with Crippen molar-refractivity contribution < 1.29 is 9.53 Å². The molecule has 0 amide bonds. The summed E-state index contributed by atoms with van der Waals surface area (Å²) in [4.78, 5) is 12.6. The van der Waals surface area contributed by atoms with Crippen LogP contribution in [-0.2, 0) is 6.54 Å². The van der Waals surface area contributed by atoms with Gasteiger partial charge >= 0.3 is 0 Å². The van der Waals surface area contributed by atoms with Gasteiger partial charge in [-0.15, -0.1) is 0 Å². The molecule has 0 bridgehead atoms. The average molecular weight is 344 g/mol. The van der Waals surface area contributed by atoms with Gasteiger partial charge in [0, 0.05) is 21.6 Å². The van der Waals surface area contributed by atoms with E-state index in [0.29, 0.717) is 28.6 Å². The number of aryl methyl sites for hydroxylation is 1. The lowest BCUT2D eigenvalue weighted by atomic mass is 10.1. The third-order valence-electron chi connectivity index (χ3n) is 2.67. The Morgan fingerprint density at radius 2 is 2.21 bits per heavy atom. The molecule has 0 atom stereocenters. The highest BCUT2D eigenvalue weighted by Crippen LogP contribution is 2.25. The van der Waals surface area contributed by atoms with Crippen LogP contribution in [0.5, 0.6) is 5.75 Å². The molecule has 0 fully saturated rings. The molecule has 0 radical (unpaired) electrons. The van der Waals surface area contributed by atoms with Crippen molar-refractivity contribution in [2.24, 2.45) is 0 Å². The summed E-state index contributed by atoms with van der Waals surface area (Å²) < 4.78 is 7.54. The predicted octanol–water partition coefficient (Wildman–Crippen LogP) is 3.56. The Hall–Kier alpha value is -1.33. The normalized spacial score (nSPS) is 10.5. The highest BCUT2D eigenvalue weighted by Gasteiger charge is 2.20. The number of carbonyl (C=O) groups is 1. The van der Waals surface area contributed by atoms with Crippen molar-refractivity contribution in [2.45, 2.75) is 13.5 Å². The van der Waals surface area contributed by atoms with Gasteiger partial charge in [0.2, 0.25) is 5.78 Å². The number of hydrogen-bond donors (Lipinski definition) is 0. The number of methoxy groups -OCH3 is 1. The first-order chi connectivity index (χ1) is 9.06. The Morgan fingerprint density at radius 3 is 2.79 bits per heavy atom. The first kappa shape index (κ1) is 14.1. The number of carbonyl (C=O) groups excluding carboxylic acids is 1. The topological polar surface area (TPSA) is 44.1 Å². The molecule has 4 nitrogen and oxygen atoms in total. The van der Waals surface area contributed by atoms with Crippen molar-refractivity contribution in [3.63, 3.8) is 0 Å². The van der Waals surface area contributed by atoms with Crippen LogP contribution in [0.2, 0.25) is 5.02 Å². The van der Waals surface area contributed by atoms with E-state index in [4.69, 9.17) is 16.3 Å². The predicted molar refractivity (Wildman–Crippen MR) is 77.0 cm³/mol. The maximum atomic E-state index is 12.6. The molecule has 0 saturated carbocycles. The number of nitrogens with zero attached hydrogens (tertiary/aromatic N) is 2. The van der Waals surface area contributed by atoms with E-state index in [-0.39, 0.29) is 5.78 Å². The molecular formula is C13H12BrClN2O2. The van der Waals surface area contributed by atoms with Gasteiger partial charge in [0.1, 0.15) is 0 Å². The van der Waals surface area contributed by atoms with Crippen LogP contribution in [0.25, 0.3) is 0 Å². The quantitative estimate of drug-likeness (QED) is 0.797. The van der Waals surface area contributed by atoms with E-state index in [1.54, 1.807) is 22.9 Å². The fourth-order valence-electron chi connectivity index (χ4n) is 1.81. The molecule has 19 heavy (non-hydrogen) atoms. The van der Waals surface area contributed by atoms with E-state index < -0.39 is 0 Å². The van der Waals surface area contributed by atoms with Crippen LogP contribution in [0.1, 0.15) is 23.0 Å². The summed E-state index contributed by atoms with van der Waals surface area (Å²) >= 11 is 9.29. The number of ether oxygens (including phenoxy) is 1. The molecule has 0 N–H and O–H groups in total. The Bertz CT molecular complexity index is 583. The minimum Gasteiger partial charge on any atom is -0.493 e. The van der Waals surface area contributed by atoms with Gasteiger partial charge < -0.3 is 4.74 Å². The van der Waals surface area contributed by atoms with Gasteiger partial charge in [0.15, 0.2) is 11.4 Å². The lowest BCUT2D eigenvalue weighted by molar-refractivity contribution is 0.102. The summed E-state index contributed by atoms with van der Waals surface area (Å²) in [6, 6.07) is 5.08. The molecule has 0 aliphatic heterocycles. The third-order valence-corrected chi connectivity index (χ3v) is 3.34. The van der Waals surface area contributed by atoms with E-state index in [0.717, 1.165) is 4.47 Å². The standard InChI is InChI=1S/C13H12BrClN2O2/c1-3-17-12(11(19-2)7-16-17)13(18)8-4-9(14)6-10(15)5-8/h4-7H,3H2,1-2H3. The Balaban J connectivity index is 2.52. The SMILES string of the molecule is CCn1ncc(OC)c1C(=O)c1cc(Cl)cc(Br)c1. The maximum absolute atomic E-state index is 12.6. The van der Waals surface area contributed by atoms with Crippen LogP contribution in [0.4, 0.5) is 0 Å². The highest BCUT2D eigenvalue weighted by molar-refractivity contribution is 9.10. The molecule has 2 aromatic rings. The Labute approximate surface area is 124 Å². The lowest BCUT2D eigenvalue weighted by Gasteiger charge is -2.07. The highest BCUT2D eigenvalue weighted by atomic mass is 79.9. The second-order valence-electron chi connectivity index (χ2n) is 3.86. The summed E-state index contributed by atoms with van der Waals surface area (Å²) in [5.74, 6) is 0.294. The summed E-state index contributed by atoms with van der Waals surface area (Å²) in [5, 5.41) is 4.62. The van der Waals surface area contributed by atoms with Crippen LogP contribution >= 0.6 is 27.5 Å². The second kappa shape index (κ2) is 5.75. The van der Waals surface area contributed by atoms with E-state index in [1.165, 1.54) is 13.3 Å². The van der Waals surface area contributed by atoms with E-state index in [1.807, 2.05) is 6.92 Å². The minimum absolute atomic E-state index is 0.167. The molecule has 100 valence electrons. The Morgan fingerprint density at radius 1 is 1.47 bits per heavy atom. The summed E-state index contributed by atoms with van der Waals surface area (Å²) in [5.41, 5.74) is 0.923. The van der Waals surface area contributed by atoms with E-state index in [2.05, 4.69) is 21.0 Å². The first-order valence-corrected chi connectivity index (χ1v) is 6.84. The fourth-order valence-corrected chi connectivity index (χ4v) is 2.67. The molecule has 6 heteroatoms. The molecule has 0 spiro atoms. The lowest BCUT2D eigenvalue weighted by Crippen LogP contribution is -2.11. The largest absolute Gasteiger partial charge is 0.493 e. The maximum Gasteiger partial charge on any atom is 0.214 e. The zero-order valence-corrected chi connectivity index (χ0v) is 12.8. The van der Waals surface area contributed by atoms with Gasteiger partial charge in [-0.3, -0.25) is 9.48 Å². The number of ketones is 1. The zero-order chi connectivity index (χ0) is 14.0. The molecule has 0 aliphatic rings. The van der Waals surface area contributed by atoms with Gasteiger partial charge in [0.25, 0.3) is 0 Å². The fraction of sp³-hybridized carbons (Fsp3) is 0.231. The van der Waals surface area contributed by atoms with Crippen molar-refractivity contribution in [1.82, 2.24) is 9.78 Å². The zero-order valence-electron chi connectivity index (χ0n) is 10.5. The second-order valence-corrected chi connectivity index (χ2v) is 5.22. The van der Waals surface area contributed by atoms with Gasteiger partial charge in [-0.1, -0.05) is 27.5 Å². The van der Waals surface area contributed by atoms with Gasteiger partial charge in [-0.25, -0.2) is 0 Å². The molecule has 1 aromatic heterocycles. The number of rotatable bonds is 4. The number of aromatic nitrogens is 2. The molecule has 1 heterocycles. The van der Waals surface area contributed by atoms with E-state index in [9.17, 15) is 4.79 Å². The minimum atomic E-state index is -0.167. The smallest absolute Gasteiger partial charge is 0.214 e. The monoisotopic (exact) mass is 342 g/mol. The van der Waals surface area contributed by atoms with Crippen LogP contribution in [0.15, 0.2) is 28.9 Å². The Kier molecular flexibility index (Phi) is 4.27. The number of benzene rings is 1. The van der Waals surface area contributed by atoms with Crippen molar-refractivity contribution in [3.8, 4) is 5.75 Å². The average Bonchev–Trinajstić information content (AvgIpc) is 2.79. The number of halogens is 2. The van der Waals surface area contributed by atoms with Crippen molar-refractivity contribution in [2.75, 3.05) is 7.11 Å². The van der Waals surface area contributed by atoms with Crippen LogP contribution < -0.4 is 4.74 Å². The van der Waals surface area contributed by atoms with Crippen LogP contribution in [0.3, 0.4) is 0 Å². The first-order valence-electron chi connectivity index (χ1n) is 5.67. The summed E-state index contributed by atoms with van der Waals surface area (Å²) in [7, 11) is 1.52. The summed E-state index contributed by atoms with van der Waals surface area (Å²) in [6.45, 7) is 2.50. The number of hydrogen-bond acceptors (Lipinski definition) is 3. The summed E-state index contributed by atoms with van der Waals surface area (Å²) in [6.07, 6.45) is 1.54. The molecule has 2 rings (SSSR count). The van der Waals surface area contributed by atoms with Crippen LogP contribution in [-0.4, -0.2) is 22.7 Å². The third kappa shape index (κ3) is 2.82. The molecule has 1 aromatic carbocycles. The van der Waals surface area contributed by atoms with Gasteiger partial charge in [-0.05, 0) is 25.1 Å². The van der Waals surface area contributed by atoms with Crippen molar-refractivity contribution in [1.29, 1.82) is 0 Å².